The topological polar surface area (TPSA) is 111 Å². The number of rotatable bonds is 16. The van der Waals surface area contributed by atoms with Crippen LogP contribution < -0.4 is 110 Å². The largest absolute Gasteiger partial charge is 1.00 e. The first-order valence-electron chi connectivity index (χ1n) is 17.8. The first-order chi connectivity index (χ1) is 26.6. The molecular weight excluding hydrogens is 879 g/mol. The quantitative estimate of drug-likeness (QED) is 0.109. The summed E-state index contributed by atoms with van der Waals surface area (Å²) < 4.78 is 77.6. The van der Waals surface area contributed by atoms with E-state index in [4.69, 9.17) is 56.8 Å². The van der Waals surface area contributed by atoms with Crippen molar-refractivity contribution in [2.24, 2.45) is 0 Å². The van der Waals surface area contributed by atoms with E-state index in [0.717, 1.165) is 20.6 Å². The number of halogens is 3. The second kappa shape index (κ2) is 20.9. The Morgan fingerprint density at radius 3 is 0.729 bits per heavy atom. The van der Waals surface area contributed by atoms with Crippen molar-refractivity contribution < 1.29 is 114 Å². The Balaban J connectivity index is 0.00000580. The summed E-state index contributed by atoms with van der Waals surface area (Å²) >= 11 is 2.17. The molecule has 4 rings (SSSR count). The van der Waals surface area contributed by atoms with Crippen molar-refractivity contribution >= 4 is 23.6 Å². The Bertz CT molecular complexity index is 1890. The van der Waals surface area contributed by atoms with E-state index in [9.17, 15) is 0 Å². The first-order valence-corrected chi connectivity index (χ1v) is 20.6. The van der Waals surface area contributed by atoms with Gasteiger partial charge in [-0.15, -0.1) is 0 Å². The Labute approximate surface area is 381 Å². The monoisotopic (exact) mass is 934 g/mol. The molecule has 326 valence electrons. The molecule has 3 aromatic rings. The summed E-state index contributed by atoms with van der Waals surface area (Å²) in [5.41, 5.74) is 5.35. The molecule has 0 radical (unpaired) electrons. The number of ether oxygens (including phenoxy) is 12. The van der Waals surface area contributed by atoms with Gasteiger partial charge in [0.15, 0.2) is 0 Å². The van der Waals surface area contributed by atoms with E-state index >= 15 is 0 Å². The fourth-order valence-corrected chi connectivity index (χ4v) is 17.6. The van der Waals surface area contributed by atoms with Crippen molar-refractivity contribution in [3.63, 3.8) is 0 Å². The van der Waals surface area contributed by atoms with Crippen molar-refractivity contribution in [1.29, 1.82) is 0 Å². The Kier molecular flexibility index (Phi) is 19.0. The van der Waals surface area contributed by atoms with Crippen molar-refractivity contribution in [3.05, 3.63) is 37.3 Å². The van der Waals surface area contributed by atoms with Gasteiger partial charge in [0, 0.05) is 0 Å². The molecule has 3 aromatic carbocycles. The maximum Gasteiger partial charge on any atom is -1.00 e. The van der Waals surface area contributed by atoms with Crippen molar-refractivity contribution in [1.82, 2.24) is 0 Å². The molecule has 1 aliphatic carbocycles. The first kappa shape index (κ1) is 53.6. The fraction of sp³-hybridized carbons (Fsp3) is 0.476. The summed E-state index contributed by atoms with van der Waals surface area (Å²) in [6, 6.07) is 0. The molecule has 59 heavy (non-hydrogen) atoms. The second-order valence-electron chi connectivity index (χ2n) is 13.5. The van der Waals surface area contributed by atoms with Gasteiger partial charge in [-0.1, -0.05) is 0 Å². The van der Waals surface area contributed by atoms with Crippen molar-refractivity contribution in [3.8, 4) is 69.0 Å². The van der Waals surface area contributed by atoms with E-state index in [1.54, 1.807) is 85.3 Å². The Morgan fingerprint density at radius 2 is 0.559 bits per heavy atom. The SMILES string of the molecule is COc1c(C)c(OC)c([Si](c2c(OC)c(C)c(OC)c(OC)c2OC)(c2c(OC)c(C)c(OC)c(OC)c2OC)C2(C)C(C)=C(C)C(C)=[C]2[Ti+3])c(OC)c1OC.[Cl-].[Cl-].[Cl-]. The minimum Gasteiger partial charge on any atom is -1.00 e. The summed E-state index contributed by atoms with van der Waals surface area (Å²) in [5.74, 6) is 5.01. The molecule has 0 spiro atoms. The van der Waals surface area contributed by atoms with Crippen LogP contribution in [0.25, 0.3) is 0 Å². The van der Waals surface area contributed by atoms with Crippen LogP contribution in [-0.2, 0) is 20.4 Å². The number of benzene rings is 3. The summed E-state index contributed by atoms with van der Waals surface area (Å²) in [6.07, 6.45) is 0. The van der Waals surface area contributed by atoms with Crippen LogP contribution in [-0.4, -0.2) is 93.4 Å². The summed E-state index contributed by atoms with van der Waals surface area (Å²) in [5, 5.41) is 1.06. The molecule has 12 nitrogen and oxygen atoms in total. The smallest absolute Gasteiger partial charge is 1.00 e. The van der Waals surface area contributed by atoms with E-state index in [-0.39, 0.29) is 37.2 Å². The van der Waals surface area contributed by atoms with E-state index in [2.05, 4.69) is 48.1 Å². The summed E-state index contributed by atoms with van der Waals surface area (Å²) in [6.45, 7) is 14.5. The molecule has 1 atom stereocenters. The third-order valence-electron chi connectivity index (χ3n) is 11.7. The van der Waals surface area contributed by atoms with Gasteiger partial charge < -0.3 is 37.2 Å². The predicted molar refractivity (Wildman–Crippen MR) is 216 cm³/mol. The zero-order valence-electron chi connectivity index (χ0n) is 37.5. The normalized spacial score (nSPS) is 14.7. The maximum absolute atomic E-state index is 6.61. The van der Waals surface area contributed by atoms with E-state index < -0.39 is 13.1 Å². The number of hydrogen-bond acceptors (Lipinski definition) is 12. The molecule has 0 saturated heterocycles. The molecule has 0 saturated carbocycles. The van der Waals surface area contributed by atoms with Crippen molar-refractivity contribution in [2.75, 3.05) is 85.3 Å². The van der Waals surface area contributed by atoms with Crippen LogP contribution in [0.3, 0.4) is 0 Å². The molecule has 17 heteroatoms. The molecule has 0 N–H and O–H groups in total. The van der Waals surface area contributed by atoms with Crippen LogP contribution in [0.4, 0.5) is 0 Å². The molecular formula is C42H57Cl3O12SiTi. The van der Waals surface area contributed by atoms with E-state index in [1.807, 2.05) is 20.8 Å². The average Bonchev–Trinajstić information content (AvgIpc) is 3.35. The molecule has 0 aromatic heterocycles. The third kappa shape index (κ3) is 7.31. The number of hydrogen-bond donors (Lipinski definition) is 0. The van der Waals surface area contributed by atoms with E-state index in [1.165, 1.54) is 0 Å². The van der Waals surface area contributed by atoms with Gasteiger partial charge in [-0.25, -0.2) is 0 Å². The predicted octanol–water partition coefficient (Wildman–Crippen LogP) is -2.87. The molecule has 1 aliphatic rings. The second-order valence-corrected chi connectivity index (χ2v) is 18.3. The molecule has 0 aliphatic heterocycles. The van der Waals surface area contributed by atoms with Crippen molar-refractivity contribution in [2.45, 2.75) is 53.5 Å². The Morgan fingerprint density at radius 1 is 0.339 bits per heavy atom. The van der Waals surface area contributed by atoms with Gasteiger partial charge >= 0.3 is 346 Å². The van der Waals surface area contributed by atoms with Gasteiger partial charge in [0.25, 0.3) is 0 Å². The van der Waals surface area contributed by atoms with Gasteiger partial charge in [0.05, 0.1) is 0 Å². The summed E-state index contributed by atoms with van der Waals surface area (Å²) in [7, 11) is 14.9. The van der Waals surface area contributed by atoms with Crippen LogP contribution in [0.2, 0.25) is 5.04 Å². The molecule has 0 bridgehead atoms. The molecule has 0 heterocycles. The van der Waals surface area contributed by atoms with Gasteiger partial charge in [0.2, 0.25) is 0 Å². The fourth-order valence-electron chi connectivity index (χ4n) is 9.01. The van der Waals surface area contributed by atoms with E-state index in [0.29, 0.717) is 101 Å². The summed E-state index contributed by atoms with van der Waals surface area (Å²) in [4.78, 5) is 0. The van der Waals surface area contributed by atoms with Gasteiger partial charge in [-0.2, -0.15) is 0 Å². The van der Waals surface area contributed by atoms with Gasteiger partial charge in [-0.05, 0) is 0 Å². The number of allylic oxidation sites excluding steroid dienone is 4. The minimum absolute atomic E-state index is 0. The average molecular weight is 936 g/mol. The maximum atomic E-state index is 6.61. The Hall–Kier alpha value is -3.46. The number of methoxy groups -OCH3 is 12. The van der Waals surface area contributed by atoms with Gasteiger partial charge in [0.1, 0.15) is 0 Å². The van der Waals surface area contributed by atoms with Crippen LogP contribution in [0.1, 0.15) is 44.4 Å². The minimum atomic E-state index is -4.33. The van der Waals surface area contributed by atoms with Crippen LogP contribution in [0, 0.1) is 20.8 Å². The molecule has 0 amide bonds. The standard InChI is InChI=1S/C42H57O12Si.3ClH.Ti/c1-21-20-42(7,26(6)22(21)2)55(39-30(46-11)23(3)27(43-8)33(49-14)36(39)52-17,40-31(47-12)24(4)28(44-9)34(50-15)37(40)53-18)41-32(48-13)25(5)29(45-10)35(51-16)38(41)54-19;;;;/h1-19H3;3*1H;/q;;;;+3/p-3. The third-order valence-corrected chi connectivity index (χ3v) is 19.2. The molecule has 0 fully saturated rings. The van der Waals surface area contributed by atoms with Crippen LogP contribution in [0.5, 0.6) is 69.0 Å². The van der Waals surface area contributed by atoms with Crippen LogP contribution >= 0.6 is 0 Å². The van der Waals surface area contributed by atoms with Crippen LogP contribution in [0.15, 0.2) is 20.6 Å². The van der Waals surface area contributed by atoms with Gasteiger partial charge in [-0.3, -0.25) is 0 Å². The zero-order valence-corrected chi connectivity index (χ0v) is 42.4. The molecule has 1 unspecified atom stereocenters. The zero-order chi connectivity index (χ0) is 42.2.